The van der Waals surface area contributed by atoms with E-state index in [-0.39, 0.29) is 35.5 Å². The molecule has 17 heteroatoms. The van der Waals surface area contributed by atoms with Crippen LogP contribution in [-0.2, 0) is 14.3 Å². The lowest BCUT2D eigenvalue weighted by Gasteiger charge is -2.33. The van der Waals surface area contributed by atoms with Crippen molar-refractivity contribution in [3.05, 3.63) is 128 Å². The summed E-state index contributed by atoms with van der Waals surface area (Å²) in [5.74, 6) is -16.7. The van der Waals surface area contributed by atoms with Crippen molar-refractivity contribution in [1.82, 2.24) is 0 Å². The molecule has 0 amide bonds. The number of alkyl halides is 6. The average molecular weight is 915 g/mol. The SMILES string of the molecule is C=C(C)C(=O)OCC(F)(F)C(F)(F)C(F)(F)COC(CCOc1ccc2cc(-c3ccccc3OC)c(=O)sc2c1)CCOc1ccc2cc(-c3ccccc3OC)c(=O)sc2c1. The van der Waals surface area contributed by atoms with Gasteiger partial charge in [-0.3, -0.25) is 9.59 Å². The van der Waals surface area contributed by atoms with Crippen molar-refractivity contribution in [2.45, 2.75) is 43.6 Å². The van der Waals surface area contributed by atoms with Gasteiger partial charge >= 0.3 is 23.7 Å². The number of fused-ring (bicyclic) bond motifs is 2. The Morgan fingerprint density at radius 1 is 0.635 bits per heavy atom. The normalized spacial score (nSPS) is 12.1. The number of carbonyl (C=O) groups excluding carboxylic acids is 1. The topological polar surface area (TPSA) is 107 Å². The van der Waals surface area contributed by atoms with Crippen molar-refractivity contribution in [2.75, 3.05) is 40.6 Å². The van der Waals surface area contributed by atoms with Crippen LogP contribution in [0.15, 0.2) is 119 Å². The molecule has 63 heavy (non-hydrogen) atoms. The largest absolute Gasteiger partial charge is 0.496 e. The summed E-state index contributed by atoms with van der Waals surface area (Å²) in [5.41, 5.74) is 1.71. The predicted molar refractivity (Wildman–Crippen MR) is 231 cm³/mol. The Morgan fingerprint density at radius 2 is 1.08 bits per heavy atom. The van der Waals surface area contributed by atoms with Gasteiger partial charge in [0.2, 0.25) is 9.48 Å². The van der Waals surface area contributed by atoms with Crippen LogP contribution in [0.4, 0.5) is 26.3 Å². The fourth-order valence-electron chi connectivity index (χ4n) is 6.35. The van der Waals surface area contributed by atoms with Gasteiger partial charge in [-0.25, -0.2) is 4.79 Å². The third kappa shape index (κ3) is 10.7. The van der Waals surface area contributed by atoms with E-state index in [2.05, 4.69) is 11.3 Å². The van der Waals surface area contributed by atoms with Crippen molar-refractivity contribution in [1.29, 1.82) is 0 Å². The van der Waals surface area contributed by atoms with Gasteiger partial charge < -0.3 is 28.4 Å². The number of hydrogen-bond donors (Lipinski definition) is 0. The Labute approximate surface area is 365 Å². The van der Waals surface area contributed by atoms with Crippen LogP contribution in [0.5, 0.6) is 23.0 Å². The maximum absolute atomic E-state index is 15.0. The standard InChI is InChI=1S/C46H40F6O9S2/c1-27(2)41(53)61-26-45(49,50)46(51,52)44(47,48)25-60-30(17-19-58-31-15-13-28-21-35(42(54)62-39(28)23-31)33-9-5-7-11-37(33)56-3)18-20-59-32-16-14-29-22-36(43(55)63-40(29)24-32)34-10-6-8-12-38(34)57-4/h5-16,21-24,30H,1,17-20,25-26H2,2-4H3. The van der Waals surface area contributed by atoms with Crippen LogP contribution in [0.2, 0.25) is 0 Å². The van der Waals surface area contributed by atoms with Gasteiger partial charge in [0.25, 0.3) is 0 Å². The van der Waals surface area contributed by atoms with Crippen LogP contribution >= 0.6 is 22.7 Å². The molecule has 332 valence electrons. The molecule has 0 spiro atoms. The molecule has 0 aliphatic carbocycles. The zero-order valence-corrected chi connectivity index (χ0v) is 35.7. The Balaban J connectivity index is 1.16. The number of halogens is 6. The summed E-state index contributed by atoms with van der Waals surface area (Å²) >= 11 is 1.93. The van der Waals surface area contributed by atoms with Gasteiger partial charge in [0.1, 0.15) is 29.6 Å². The Morgan fingerprint density at radius 3 is 1.52 bits per heavy atom. The van der Waals surface area contributed by atoms with Crippen molar-refractivity contribution < 1.29 is 59.6 Å². The zero-order valence-electron chi connectivity index (χ0n) is 34.0. The van der Waals surface area contributed by atoms with E-state index in [0.29, 0.717) is 54.7 Å². The number of hydrogen-bond acceptors (Lipinski definition) is 11. The van der Waals surface area contributed by atoms with Crippen LogP contribution in [0, 0.1) is 0 Å². The average Bonchev–Trinajstić information content (AvgIpc) is 3.26. The summed E-state index contributed by atoms with van der Waals surface area (Å²) in [6.07, 6.45) is -1.67. The number of benzene rings is 4. The molecule has 0 radical (unpaired) electrons. The summed E-state index contributed by atoms with van der Waals surface area (Å²) in [4.78, 5) is 37.9. The molecular weight excluding hydrogens is 875 g/mol. The van der Waals surface area contributed by atoms with E-state index in [0.717, 1.165) is 40.4 Å². The van der Waals surface area contributed by atoms with Crippen LogP contribution in [0.3, 0.4) is 0 Å². The number of rotatable bonds is 20. The molecule has 9 nitrogen and oxygen atoms in total. The third-order valence-electron chi connectivity index (χ3n) is 9.78. The molecule has 0 N–H and O–H groups in total. The first-order valence-corrected chi connectivity index (χ1v) is 20.8. The number of esters is 1. The Bertz CT molecular complexity index is 2590. The second kappa shape index (κ2) is 19.6. The van der Waals surface area contributed by atoms with Crippen LogP contribution in [-0.4, -0.2) is 70.5 Å². The first-order valence-electron chi connectivity index (χ1n) is 19.2. The number of para-hydroxylation sites is 2. The Hall–Kier alpha value is -5.91. The predicted octanol–water partition coefficient (Wildman–Crippen LogP) is 10.8. The first-order chi connectivity index (χ1) is 29.9. The lowest BCUT2D eigenvalue weighted by atomic mass is 10.1. The fraction of sp³-hybridized carbons (Fsp3) is 0.283. The second-order valence-corrected chi connectivity index (χ2v) is 16.3. The van der Waals surface area contributed by atoms with Crippen LogP contribution < -0.4 is 28.4 Å². The van der Waals surface area contributed by atoms with Crippen molar-refractivity contribution in [3.63, 3.8) is 0 Å². The minimum Gasteiger partial charge on any atom is -0.496 e. The molecule has 0 unspecified atom stereocenters. The lowest BCUT2D eigenvalue weighted by Crippen LogP contribution is -2.58. The number of ether oxygens (including phenoxy) is 6. The molecular formula is C46H40F6O9S2. The maximum atomic E-state index is 15.0. The van der Waals surface area contributed by atoms with E-state index in [1.807, 2.05) is 0 Å². The highest BCUT2D eigenvalue weighted by molar-refractivity contribution is 7.16. The smallest absolute Gasteiger partial charge is 0.377 e. The summed E-state index contributed by atoms with van der Waals surface area (Å²) in [7, 11) is 3.00. The fourth-order valence-corrected chi connectivity index (χ4v) is 8.15. The molecule has 6 aromatic rings. The summed E-state index contributed by atoms with van der Waals surface area (Å²) in [6, 6.07) is 27.5. The highest BCUT2D eigenvalue weighted by atomic mass is 32.1. The third-order valence-corrected chi connectivity index (χ3v) is 11.7. The van der Waals surface area contributed by atoms with E-state index in [1.165, 1.54) is 14.2 Å². The minimum absolute atomic E-state index is 0.191. The molecule has 0 aliphatic heterocycles. The van der Waals surface area contributed by atoms with Crippen molar-refractivity contribution in [2.24, 2.45) is 0 Å². The minimum atomic E-state index is -6.00. The van der Waals surface area contributed by atoms with Gasteiger partial charge in [0.05, 0.1) is 33.5 Å². The van der Waals surface area contributed by atoms with Crippen molar-refractivity contribution in [3.8, 4) is 45.3 Å². The number of methoxy groups -OCH3 is 2. The number of carbonyl (C=O) groups is 1. The van der Waals surface area contributed by atoms with Gasteiger partial charge in [-0.2, -0.15) is 26.3 Å². The molecule has 0 bridgehead atoms. The Kier molecular flexibility index (Phi) is 14.5. The van der Waals surface area contributed by atoms with Gasteiger partial charge in [0.15, 0.2) is 6.61 Å². The van der Waals surface area contributed by atoms with Gasteiger partial charge in [0, 0.05) is 50.1 Å². The monoisotopic (exact) mass is 914 g/mol. The van der Waals surface area contributed by atoms with E-state index in [1.54, 1.807) is 97.1 Å². The highest BCUT2D eigenvalue weighted by Gasteiger charge is 2.72. The maximum Gasteiger partial charge on any atom is 0.377 e. The summed E-state index contributed by atoms with van der Waals surface area (Å²) in [6.45, 7) is -0.661. The quantitative estimate of drug-likeness (QED) is 0.0420. The summed E-state index contributed by atoms with van der Waals surface area (Å²) in [5, 5.41) is 1.44. The molecule has 0 saturated heterocycles. The van der Waals surface area contributed by atoms with Crippen LogP contribution in [0.25, 0.3) is 42.4 Å². The molecule has 4 aromatic carbocycles. The second-order valence-electron chi connectivity index (χ2n) is 14.2. The van der Waals surface area contributed by atoms with Gasteiger partial charge in [-0.15, -0.1) is 0 Å². The van der Waals surface area contributed by atoms with E-state index >= 15 is 0 Å². The molecule has 2 aromatic heterocycles. The summed E-state index contributed by atoms with van der Waals surface area (Å²) < 4.78 is 121. The lowest BCUT2D eigenvalue weighted by molar-refractivity contribution is -0.328. The van der Waals surface area contributed by atoms with E-state index in [9.17, 15) is 40.7 Å². The van der Waals surface area contributed by atoms with Gasteiger partial charge in [-0.05, 0) is 78.4 Å². The molecule has 0 atom stereocenters. The molecule has 0 saturated carbocycles. The van der Waals surface area contributed by atoms with Gasteiger partial charge in [-0.1, -0.05) is 65.7 Å². The van der Waals surface area contributed by atoms with E-state index < -0.39 is 48.6 Å². The van der Waals surface area contributed by atoms with Crippen LogP contribution in [0.1, 0.15) is 19.8 Å². The molecule has 6 rings (SSSR count). The zero-order chi connectivity index (χ0) is 45.5. The highest BCUT2D eigenvalue weighted by Crippen LogP contribution is 2.46. The van der Waals surface area contributed by atoms with E-state index in [4.69, 9.17) is 23.7 Å². The molecule has 0 fully saturated rings. The molecule has 2 heterocycles. The van der Waals surface area contributed by atoms with Crippen molar-refractivity contribution >= 4 is 48.8 Å². The molecule has 0 aliphatic rings. The first kappa shape index (κ1) is 46.6.